The molecule has 0 aliphatic rings. The van der Waals surface area contributed by atoms with Crippen LogP contribution in [0.2, 0.25) is 0 Å². The first-order valence-electron chi connectivity index (χ1n) is 9.68. The zero-order valence-corrected chi connectivity index (χ0v) is 16.4. The molecule has 146 valence electrons. The number of nitrogens with one attached hydrogen (secondary N) is 1. The molecule has 5 heteroatoms. The summed E-state index contributed by atoms with van der Waals surface area (Å²) in [6.45, 7) is 2.03. The number of hydrogen-bond acceptors (Lipinski definition) is 3. The summed E-state index contributed by atoms with van der Waals surface area (Å²) in [6, 6.07) is 24.9. The van der Waals surface area contributed by atoms with Crippen LogP contribution in [0.4, 0.5) is 5.69 Å². The third-order valence-corrected chi connectivity index (χ3v) is 4.94. The lowest BCUT2D eigenvalue weighted by atomic mass is 10.1. The van der Waals surface area contributed by atoms with E-state index in [0.717, 1.165) is 22.3 Å². The van der Waals surface area contributed by atoms with Gasteiger partial charge in [-0.2, -0.15) is 0 Å². The Morgan fingerprint density at radius 1 is 0.933 bits per heavy atom. The molecule has 3 aromatic carbocycles. The van der Waals surface area contributed by atoms with E-state index >= 15 is 0 Å². The lowest BCUT2D eigenvalue weighted by Gasteiger charge is -2.07. The molecule has 0 saturated heterocycles. The molecule has 1 amide bonds. The third-order valence-electron chi connectivity index (χ3n) is 4.94. The van der Waals surface area contributed by atoms with Crippen molar-refractivity contribution < 1.29 is 9.21 Å². The minimum Gasteiger partial charge on any atom is -0.436 e. The van der Waals surface area contributed by atoms with E-state index in [2.05, 4.69) is 10.3 Å². The average molecular weight is 393 g/mol. The number of benzene rings is 3. The quantitative estimate of drug-likeness (QED) is 0.417. The van der Waals surface area contributed by atoms with Crippen LogP contribution in [0.5, 0.6) is 0 Å². The highest BCUT2D eigenvalue weighted by Gasteiger charge is 2.11. The first kappa shape index (κ1) is 17.9. The number of hydrogen-bond donors (Lipinski definition) is 1. The summed E-state index contributed by atoms with van der Waals surface area (Å²) < 4.78 is 7.92. The second-order valence-corrected chi connectivity index (χ2v) is 7.16. The van der Waals surface area contributed by atoms with E-state index < -0.39 is 0 Å². The fourth-order valence-corrected chi connectivity index (χ4v) is 3.40. The Bertz CT molecular complexity index is 1330. The number of fused-ring (bicyclic) bond motifs is 1. The van der Waals surface area contributed by atoms with E-state index in [0.29, 0.717) is 22.7 Å². The van der Waals surface area contributed by atoms with Gasteiger partial charge in [-0.3, -0.25) is 4.79 Å². The van der Waals surface area contributed by atoms with Crippen molar-refractivity contribution in [3.05, 3.63) is 102 Å². The molecular weight excluding hydrogens is 374 g/mol. The Hall–Kier alpha value is -4.12. The van der Waals surface area contributed by atoms with Crippen LogP contribution in [0, 0.1) is 6.92 Å². The van der Waals surface area contributed by atoms with E-state index in [4.69, 9.17) is 4.42 Å². The molecular formula is C25H19N3O2. The maximum atomic E-state index is 12.6. The second kappa shape index (κ2) is 7.37. The van der Waals surface area contributed by atoms with E-state index in [-0.39, 0.29) is 5.91 Å². The first-order valence-corrected chi connectivity index (χ1v) is 9.68. The molecule has 0 atom stereocenters. The number of oxazole rings is 1. The molecule has 0 unspecified atom stereocenters. The molecule has 5 aromatic rings. The third kappa shape index (κ3) is 3.49. The molecule has 30 heavy (non-hydrogen) atoms. The molecule has 0 radical (unpaired) electrons. The highest BCUT2D eigenvalue weighted by Crippen LogP contribution is 2.27. The lowest BCUT2D eigenvalue weighted by molar-refractivity contribution is 0.102. The van der Waals surface area contributed by atoms with Gasteiger partial charge >= 0.3 is 0 Å². The number of amides is 1. The number of nitrogens with zero attached hydrogens (tertiary/aromatic N) is 2. The SMILES string of the molecule is Cc1cccc(-c2nc3ccc(NC(=O)c4ccc(-n5cccc5)cc4)cc3o2)c1. The maximum absolute atomic E-state index is 12.6. The second-order valence-electron chi connectivity index (χ2n) is 7.16. The summed E-state index contributed by atoms with van der Waals surface area (Å²) in [6.07, 6.45) is 3.93. The van der Waals surface area contributed by atoms with Gasteiger partial charge in [-0.25, -0.2) is 4.98 Å². The molecule has 5 rings (SSSR count). The fraction of sp³-hybridized carbons (Fsp3) is 0.0400. The molecule has 0 saturated carbocycles. The Balaban J connectivity index is 1.36. The van der Waals surface area contributed by atoms with Gasteiger partial charge in [-0.1, -0.05) is 17.7 Å². The van der Waals surface area contributed by atoms with Gasteiger partial charge in [0.2, 0.25) is 5.89 Å². The minimum absolute atomic E-state index is 0.174. The average Bonchev–Trinajstić information content (AvgIpc) is 3.44. The Morgan fingerprint density at radius 3 is 2.50 bits per heavy atom. The number of aromatic nitrogens is 2. The van der Waals surface area contributed by atoms with Crippen molar-refractivity contribution in [2.24, 2.45) is 0 Å². The van der Waals surface area contributed by atoms with Crippen LogP contribution >= 0.6 is 0 Å². The highest BCUT2D eigenvalue weighted by atomic mass is 16.3. The van der Waals surface area contributed by atoms with E-state index in [1.807, 2.05) is 96.7 Å². The van der Waals surface area contributed by atoms with Gasteiger partial charge in [0.05, 0.1) is 0 Å². The smallest absolute Gasteiger partial charge is 0.255 e. The summed E-state index contributed by atoms with van der Waals surface area (Å²) in [5.41, 5.74) is 5.71. The predicted molar refractivity (Wildman–Crippen MR) is 118 cm³/mol. The van der Waals surface area contributed by atoms with Crippen molar-refractivity contribution in [2.75, 3.05) is 5.32 Å². The normalized spacial score (nSPS) is 11.0. The monoisotopic (exact) mass is 393 g/mol. The van der Waals surface area contributed by atoms with Gasteiger partial charge in [0.1, 0.15) is 5.52 Å². The van der Waals surface area contributed by atoms with Gasteiger partial charge in [-0.05, 0) is 67.6 Å². The Morgan fingerprint density at radius 2 is 1.73 bits per heavy atom. The summed E-state index contributed by atoms with van der Waals surface area (Å²) >= 11 is 0. The van der Waals surface area contributed by atoms with Crippen molar-refractivity contribution in [1.29, 1.82) is 0 Å². The Kier molecular flexibility index (Phi) is 4.41. The molecule has 5 nitrogen and oxygen atoms in total. The lowest BCUT2D eigenvalue weighted by Crippen LogP contribution is -2.11. The number of aryl methyl sites for hydroxylation is 1. The molecule has 0 aliphatic heterocycles. The molecule has 0 spiro atoms. The van der Waals surface area contributed by atoms with Gasteiger partial charge < -0.3 is 14.3 Å². The Labute approximate surface area is 173 Å². The molecule has 2 heterocycles. The van der Waals surface area contributed by atoms with Crippen LogP contribution in [-0.4, -0.2) is 15.5 Å². The van der Waals surface area contributed by atoms with Gasteiger partial charge in [0.25, 0.3) is 5.91 Å². The largest absolute Gasteiger partial charge is 0.436 e. The van der Waals surface area contributed by atoms with Gasteiger partial charge in [-0.15, -0.1) is 0 Å². The topological polar surface area (TPSA) is 60.1 Å². The van der Waals surface area contributed by atoms with Crippen molar-refractivity contribution in [3.8, 4) is 17.1 Å². The van der Waals surface area contributed by atoms with E-state index in [1.165, 1.54) is 0 Å². The zero-order valence-electron chi connectivity index (χ0n) is 16.4. The van der Waals surface area contributed by atoms with Crippen molar-refractivity contribution in [3.63, 3.8) is 0 Å². The minimum atomic E-state index is -0.174. The van der Waals surface area contributed by atoms with Gasteiger partial charge in [0.15, 0.2) is 5.58 Å². The highest BCUT2D eigenvalue weighted by molar-refractivity contribution is 6.05. The number of rotatable bonds is 4. The predicted octanol–water partition coefficient (Wildman–Crippen LogP) is 5.85. The summed E-state index contributed by atoms with van der Waals surface area (Å²) in [5, 5.41) is 2.93. The molecule has 1 N–H and O–H groups in total. The number of carbonyl (C=O) groups excluding carboxylic acids is 1. The first-order chi connectivity index (χ1) is 14.7. The van der Waals surface area contributed by atoms with E-state index in [9.17, 15) is 4.79 Å². The van der Waals surface area contributed by atoms with Gasteiger partial charge in [0, 0.05) is 41.0 Å². The van der Waals surface area contributed by atoms with Crippen molar-refractivity contribution >= 4 is 22.7 Å². The fourth-order valence-electron chi connectivity index (χ4n) is 3.40. The molecule has 0 aliphatic carbocycles. The molecule has 0 bridgehead atoms. The van der Waals surface area contributed by atoms with Crippen LogP contribution in [0.25, 0.3) is 28.2 Å². The summed E-state index contributed by atoms with van der Waals surface area (Å²) in [7, 11) is 0. The van der Waals surface area contributed by atoms with Crippen LogP contribution in [0.15, 0.2) is 95.7 Å². The zero-order chi connectivity index (χ0) is 20.5. The van der Waals surface area contributed by atoms with Crippen LogP contribution in [-0.2, 0) is 0 Å². The van der Waals surface area contributed by atoms with Crippen molar-refractivity contribution in [2.45, 2.75) is 6.92 Å². The van der Waals surface area contributed by atoms with E-state index in [1.54, 1.807) is 6.07 Å². The maximum Gasteiger partial charge on any atom is 0.255 e. The summed E-state index contributed by atoms with van der Waals surface area (Å²) in [4.78, 5) is 17.2. The van der Waals surface area contributed by atoms with Crippen LogP contribution in [0.3, 0.4) is 0 Å². The van der Waals surface area contributed by atoms with Crippen molar-refractivity contribution in [1.82, 2.24) is 9.55 Å². The number of anilines is 1. The van der Waals surface area contributed by atoms with Crippen LogP contribution < -0.4 is 5.32 Å². The van der Waals surface area contributed by atoms with Crippen LogP contribution in [0.1, 0.15) is 15.9 Å². The molecule has 2 aromatic heterocycles. The molecule has 0 fully saturated rings. The summed E-state index contributed by atoms with van der Waals surface area (Å²) in [5.74, 6) is 0.393. The number of carbonyl (C=O) groups is 1. The standard InChI is InChI=1S/C25H19N3O2/c1-17-5-4-6-19(15-17)25-27-22-12-9-20(16-23(22)30-25)26-24(29)18-7-10-21(11-8-18)28-13-2-3-14-28/h2-16H,1H3,(H,26,29).